The number of sulfonamides is 1. The zero-order valence-corrected chi connectivity index (χ0v) is 15.2. The highest BCUT2D eigenvalue weighted by Gasteiger charge is 2.20. The molecule has 0 unspecified atom stereocenters. The summed E-state index contributed by atoms with van der Waals surface area (Å²) in [6.07, 6.45) is 5.83. The number of nitrogens with one attached hydrogen (secondary N) is 1. The van der Waals surface area contributed by atoms with Crippen LogP contribution in [0, 0.1) is 0 Å². The van der Waals surface area contributed by atoms with Gasteiger partial charge in [-0.3, -0.25) is 0 Å². The fraction of sp³-hybridized carbons (Fsp3) is 0.294. The number of benzene rings is 1. The van der Waals surface area contributed by atoms with Gasteiger partial charge in [-0.2, -0.15) is 0 Å². The Hall–Kier alpha value is -2.03. The van der Waals surface area contributed by atoms with Crippen LogP contribution in [0.1, 0.15) is 22.4 Å². The average molecular weight is 374 g/mol. The number of anilines is 1. The van der Waals surface area contributed by atoms with Gasteiger partial charge in [0.1, 0.15) is 17.0 Å². The maximum absolute atomic E-state index is 11.3. The summed E-state index contributed by atoms with van der Waals surface area (Å²) in [5.41, 5.74) is 2.45. The van der Waals surface area contributed by atoms with Crippen molar-refractivity contribution in [2.45, 2.75) is 30.6 Å². The van der Waals surface area contributed by atoms with Crippen LogP contribution in [0.3, 0.4) is 0 Å². The van der Waals surface area contributed by atoms with Gasteiger partial charge in [0.2, 0.25) is 10.0 Å². The molecule has 1 aliphatic rings. The Morgan fingerprint density at radius 1 is 1.16 bits per heavy atom. The number of aromatic nitrogens is 2. The Morgan fingerprint density at radius 3 is 2.72 bits per heavy atom. The van der Waals surface area contributed by atoms with Crippen LogP contribution in [0.25, 0.3) is 10.2 Å². The number of fused-ring (bicyclic) bond motifs is 3. The van der Waals surface area contributed by atoms with E-state index in [1.165, 1.54) is 22.2 Å². The first kappa shape index (κ1) is 16.4. The van der Waals surface area contributed by atoms with Crippen LogP contribution in [-0.4, -0.2) is 24.9 Å². The van der Waals surface area contributed by atoms with Crippen molar-refractivity contribution in [2.24, 2.45) is 5.14 Å². The predicted molar refractivity (Wildman–Crippen MR) is 99.4 cm³/mol. The Balaban J connectivity index is 1.48. The summed E-state index contributed by atoms with van der Waals surface area (Å²) in [4.78, 5) is 11.5. The van der Waals surface area contributed by atoms with E-state index in [-0.39, 0.29) is 4.90 Å². The fourth-order valence-corrected chi connectivity index (χ4v) is 4.98. The van der Waals surface area contributed by atoms with E-state index in [0.29, 0.717) is 6.54 Å². The van der Waals surface area contributed by atoms with E-state index >= 15 is 0 Å². The molecule has 1 aliphatic carbocycles. The molecule has 3 N–H and O–H groups in total. The molecule has 3 aromatic rings. The number of nitrogens with two attached hydrogens (primary N) is 1. The minimum atomic E-state index is -3.64. The smallest absolute Gasteiger partial charge is 0.238 e. The zero-order chi connectivity index (χ0) is 17.4. The normalized spacial score (nSPS) is 14.0. The van der Waals surface area contributed by atoms with Gasteiger partial charge in [0.05, 0.1) is 10.3 Å². The van der Waals surface area contributed by atoms with E-state index in [1.807, 2.05) is 0 Å². The summed E-state index contributed by atoms with van der Waals surface area (Å²) < 4.78 is 22.6. The van der Waals surface area contributed by atoms with Crippen molar-refractivity contribution in [3.63, 3.8) is 0 Å². The molecule has 4 rings (SSSR count). The summed E-state index contributed by atoms with van der Waals surface area (Å²) >= 11 is 1.77. The van der Waals surface area contributed by atoms with Crippen LogP contribution in [0.5, 0.6) is 0 Å². The largest absolute Gasteiger partial charge is 0.369 e. The number of hydrogen-bond acceptors (Lipinski definition) is 6. The lowest BCUT2D eigenvalue weighted by molar-refractivity contribution is 0.598. The van der Waals surface area contributed by atoms with Crippen molar-refractivity contribution in [2.75, 3.05) is 11.9 Å². The predicted octanol–water partition coefficient (Wildman–Crippen LogP) is 2.48. The summed E-state index contributed by atoms with van der Waals surface area (Å²) in [6.45, 7) is 0.714. The van der Waals surface area contributed by atoms with Crippen molar-refractivity contribution < 1.29 is 8.42 Å². The van der Waals surface area contributed by atoms with Gasteiger partial charge in [0, 0.05) is 11.4 Å². The van der Waals surface area contributed by atoms with Crippen molar-refractivity contribution >= 4 is 37.4 Å². The van der Waals surface area contributed by atoms with Crippen molar-refractivity contribution in [1.82, 2.24) is 9.97 Å². The summed E-state index contributed by atoms with van der Waals surface area (Å²) in [6, 6.07) is 6.66. The topological polar surface area (TPSA) is 98.0 Å². The quantitative estimate of drug-likeness (QED) is 0.715. The van der Waals surface area contributed by atoms with E-state index in [0.717, 1.165) is 35.5 Å². The van der Waals surface area contributed by atoms with Gasteiger partial charge in [0.25, 0.3) is 0 Å². The molecule has 0 bridgehead atoms. The maximum atomic E-state index is 11.3. The fourth-order valence-electron chi connectivity index (χ4n) is 3.23. The molecule has 2 heterocycles. The molecule has 0 radical (unpaired) electrons. The lowest BCUT2D eigenvalue weighted by Crippen LogP contribution is -2.12. The molecule has 2 aromatic heterocycles. The van der Waals surface area contributed by atoms with Crippen LogP contribution in [-0.2, 0) is 29.3 Å². The second kappa shape index (κ2) is 6.36. The highest BCUT2D eigenvalue weighted by molar-refractivity contribution is 7.89. The third kappa shape index (κ3) is 3.24. The second-order valence-corrected chi connectivity index (χ2v) is 8.77. The maximum Gasteiger partial charge on any atom is 0.238 e. The molecule has 6 nitrogen and oxygen atoms in total. The molecule has 1 aromatic carbocycles. The Bertz CT molecular complexity index is 1030. The first-order valence-corrected chi connectivity index (χ1v) is 10.5. The van der Waals surface area contributed by atoms with Gasteiger partial charge >= 0.3 is 0 Å². The molecule has 8 heteroatoms. The molecular formula is C17H18N4O2S2. The highest BCUT2D eigenvalue weighted by atomic mass is 32.2. The molecule has 0 fully saturated rings. The lowest BCUT2D eigenvalue weighted by Gasteiger charge is -2.08. The third-order valence-electron chi connectivity index (χ3n) is 4.46. The lowest BCUT2D eigenvalue weighted by atomic mass is 10.1. The van der Waals surface area contributed by atoms with Gasteiger partial charge in [-0.1, -0.05) is 12.1 Å². The minimum absolute atomic E-state index is 0.135. The first-order valence-electron chi connectivity index (χ1n) is 8.13. The standard InChI is InChI=1S/C17H18N4O2S2/c18-25(22,23)12-6-4-11(5-7-12)8-9-19-16-15-13-2-1-3-14(13)24-17(15)21-10-20-16/h4-7,10H,1-3,8-9H2,(H2,18,22,23)(H,19,20,21). The van der Waals surface area contributed by atoms with Gasteiger partial charge in [-0.25, -0.2) is 23.5 Å². The molecule has 0 saturated heterocycles. The number of thiophene rings is 1. The summed E-state index contributed by atoms with van der Waals surface area (Å²) in [7, 11) is -3.64. The van der Waals surface area contributed by atoms with Crippen molar-refractivity contribution in [3.8, 4) is 0 Å². The van der Waals surface area contributed by atoms with E-state index in [2.05, 4.69) is 15.3 Å². The van der Waals surface area contributed by atoms with Crippen LogP contribution in [0.4, 0.5) is 5.82 Å². The minimum Gasteiger partial charge on any atom is -0.369 e. The van der Waals surface area contributed by atoms with Crippen molar-refractivity contribution in [3.05, 3.63) is 46.6 Å². The van der Waals surface area contributed by atoms with Gasteiger partial charge < -0.3 is 5.32 Å². The third-order valence-corrected chi connectivity index (χ3v) is 6.59. The average Bonchev–Trinajstić information content (AvgIpc) is 3.15. The number of hydrogen-bond donors (Lipinski definition) is 2. The van der Waals surface area contributed by atoms with Crippen LogP contribution in [0.2, 0.25) is 0 Å². The van der Waals surface area contributed by atoms with E-state index in [1.54, 1.807) is 41.9 Å². The SMILES string of the molecule is NS(=O)(=O)c1ccc(CCNc2ncnc3sc4c(c23)CCC4)cc1. The van der Waals surface area contributed by atoms with Gasteiger partial charge in [-0.05, 0) is 48.9 Å². The zero-order valence-electron chi connectivity index (χ0n) is 13.5. The van der Waals surface area contributed by atoms with Crippen LogP contribution < -0.4 is 10.5 Å². The number of rotatable bonds is 5. The molecule has 130 valence electrons. The van der Waals surface area contributed by atoms with E-state index in [4.69, 9.17) is 5.14 Å². The van der Waals surface area contributed by atoms with Crippen molar-refractivity contribution in [1.29, 1.82) is 0 Å². The number of primary sulfonamides is 1. The Labute approximate surface area is 150 Å². The summed E-state index contributed by atoms with van der Waals surface area (Å²) in [5.74, 6) is 0.894. The molecule has 0 atom stereocenters. The second-order valence-electron chi connectivity index (χ2n) is 6.13. The van der Waals surface area contributed by atoms with Crippen LogP contribution in [0.15, 0.2) is 35.5 Å². The molecular weight excluding hydrogens is 356 g/mol. The Morgan fingerprint density at radius 2 is 1.96 bits per heavy atom. The van der Waals surface area contributed by atoms with E-state index in [9.17, 15) is 8.42 Å². The van der Waals surface area contributed by atoms with Gasteiger partial charge in [0.15, 0.2) is 0 Å². The van der Waals surface area contributed by atoms with E-state index < -0.39 is 10.0 Å². The number of aryl methyl sites for hydroxylation is 2. The molecule has 0 amide bonds. The Kier molecular flexibility index (Phi) is 4.18. The summed E-state index contributed by atoms with van der Waals surface area (Å²) in [5, 5.41) is 9.70. The molecule has 0 aliphatic heterocycles. The number of nitrogens with zero attached hydrogens (tertiary/aromatic N) is 2. The molecule has 0 spiro atoms. The van der Waals surface area contributed by atoms with Crippen LogP contribution >= 0.6 is 11.3 Å². The van der Waals surface area contributed by atoms with Gasteiger partial charge in [-0.15, -0.1) is 11.3 Å². The highest BCUT2D eigenvalue weighted by Crippen LogP contribution is 2.38. The first-order chi connectivity index (χ1) is 12.0. The monoisotopic (exact) mass is 374 g/mol. The molecule has 0 saturated carbocycles. The molecule has 25 heavy (non-hydrogen) atoms.